The van der Waals surface area contributed by atoms with Crippen LogP contribution >= 0.6 is 11.6 Å². The Hall–Kier alpha value is -1.02. The lowest BCUT2D eigenvalue weighted by Crippen LogP contribution is -2.00. The summed E-state index contributed by atoms with van der Waals surface area (Å²) in [7, 11) is 0. The summed E-state index contributed by atoms with van der Waals surface area (Å²) in [4.78, 5) is 5.16. The maximum Gasteiger partial charge on any atom is 0.137 e. The van der Waals surface area contributed by atoms with Crippen molar-refractivity contribution in [3.05, 3.63) is 35.9 Å². The normalized spacial score (nSPS) is 13.7. The lowest BCUT2D eigenvalue weighted by Gasteiger charge is -2.08. The summed E-state index contributed by atoms with van der Waals surface area (Å²) >= 11 is 6.14. The second-order valence-electron chi connectivity index (χ2n) is 3.35. The maximum absolute atomic E-state index is 6.14. The fraction of sp³-hybridized carbons (Fsp3) is 0.417. The molecule has 0 radical (unpaired) electrons. The van der Waals surface area contributed by atoms with Crippen LogP contribution in [0.4, 0.5) is 0 Å². The van der Waals surface area contributed by atoms with Gasteiger partial charge in [0.2, 0.25) is 0 Å². The van der Waals surface area contributed by atoms with E-state index in [-0.39, 0.29) is 5.38 Å². The van der Waals surface area contributed by atoms with E-state index in [4.69, 9.17) is 16.4 Å². The van der Waals surface area contributed by atoms with Crippen molar-refractivity contribution in [2.45, 2.75) is 25.6 Å². The zero-order valence-electron chi connectivity index (χ0n) is 9.11. The van der Waals surface area contributed by atoms with Gasteiger partial charge in [-0.2, -0.15) is 0 Å². The van der Waals surface area contributed by atoms with Gasteiger partial charge in [0.25, 0.3) is 0 Å². The number of hydrogen-bond donors (Lipinski definition) is 0. The van der Waals surface area contributed by atoms with Crippen LogP contribution in [0.15, 0.2) is 35.5 Å². The van der Waals surface area contributed by atoms with Gasteiger partial charge >= 0.3 is 0 Å². The maximum atomic E-state index is 6.14. The molecule has 1 aromatic rings. The molecule has 0 spiro atoms. The largest absolute Gasteiger partial charge is 0.394 e. The predicted molar refractivity (Wildman–Crippen MR) is 64.4 cm³/mol. The Labute approximate surface area is 95.9 Å². The highest BCUT2D eigenvalue weighted by Crippen LogP contribution is 2.19. The third-order valence-electron chi connectivity index (χ3n) is 2.11. The minimum atomic E-state index is -0.139. The van der Waals surface area contributed by atoms with Crippen LogP contribution in [0.25, 0.3) is 0 Å². The number of benzene rings is 1. The van der Waals surface area contributed by atoms with Crippen LogP contribution in [-0.4, -0.2) is 12.3 Å². The van der Waals surface area contributed by atoms with E-state index in [9.17, 15) is 0 Å². The van der Waals surface area contributed by atoms with Gasteiger partial charge < -0.3 is 4.84 Å². The highest BCUT2D eigenvalue weighted by molar-refractivity contribution is 6.20. The lowest BCUT2D eigenvalue weighted by atomic mass is 10.2. The van der Waals surface area contributed by atoms with Crippen LogP contribution in [0, 0.1) is 0 Å². The van der Waals surface area contributed by atoms with Crippen molar-refractivity contribution in [2.75, 3.05) is 6.61 Å². The Morgan fingerprint density at radius 3 is 2.67 bits per heavy atom. The van der Waals surface area contributed by atoms with Gasteiger partial charge in [0.15, 0.2) is 0 Å². The molecular formula is C12H16ClNO. The molecule has 0 aliphatic heterocycles. The van der Waals surface area contributed by atoms with Gasteiger partial charge in [-0.05, 0) is 18.9 Å². The van der Waals surface area contributed by atoms with Crippen LogP contribution in [0.5, 0.6) is 0 Å². The van der Waals surface area contributed by atoms with Crippen LogP contribution < -0.4 is 0 Å². The van der Waals surface area contributed by atoms with E-state index < -0.39 is 0 Å². The monoisotopic (exact) mass is 225 g/mol. The second-order valence-corrected chi connectivity index (χ2v) is 3.88. The molecule has 1 atom stereocenters. The molecule has 1 unspecified atom stereocenters. The SMILES string of the molecule is CC/C(C)=N/OCC(Cl)c1ccccc1. The van der Waals surface area contributed by atoms with Gasteiger partial charge in [-0.1, -0.05) is 42.4 Å². The molecule has 0 aromatic heterocycles. The van der Waals surface area contributed by atoms with Crippen molar-refractivity contribution in [2.24, 2.45) is 5.16 Å². The topological polar surface area (TPSA) is 21.6 Å². The van der Waals surface area contributed by atoms with E-state index in [1.807, 2.05) is 44.2 Å². The van der Waals surface area contributed by atoms with Gasteiger partial charge in [0, 0.05) is 0 Å². The predicted octanol–water partition coefficient (Wildman–Crippen LogP) is 3.77. The van der Waals surface area contributed by atoms with E-state index in [1.165, 1.54) is 0 Å². The quantitative estimate of drug-likeness (QED) is 0.425. The molecular weight excluding hydrogens is 210 g/mol. The molecule has 2 nitrogen and oxygen atoms in total. The fourth-order valence-corrected chi connectivity index (χ4v) is 1.24. The van der Waals surface area contributed by atoms with E-state index in [2.05, 4.69) is 5.16 Å². The van der Waals surface area contributed by atoms with Crippen LogP contribution in [0.1, 0.15) is 31.2 Å². The van der Waals surface area contributed by atoms with E-state index >= 15 is 0 Å². The second kappa shape index (κ2) is 6.46. The first-order valence-corrected chi connectivity index (χ1v) is 5.52. The number of alkyl halides is 1. The van der Waals surface area contributed by atoms with Crippen molar-refractivity contribution < 1.29 is 4.84 Å². The van der Waals surface area contributed by atoms with E-state index in [0.29, 0.717) is 6.61 Å². The smallest absolute Gasteiger partial charge is 0.137 e. The summed E-state index contributed by atoms with van der Waals surface area (Å²) in [6, 6.07) is 9.86. The molecule has 1 aromatic carbocycles. The highest BCUT2D eigenvalue weighted by atomic mass is 35.5. The van der Waals surface area contributed by atoms with Crippen LogP contribution in [-0.2, 0) is 4.84 Å². The Kier molecular flexibility index (Phi) is 5.19. The third kappa shape index (κ3) is 4.34. The molecule has 0 aliphatic rings. The van der Waals surface area contributed by atoms with Crippen molar-refractivity contribution in [1.29, 1.82) is 0 Å². The summed E-state index contributed by atoms with van der Waals surface area (Å²) in [5.74, 6) is 0. The highest BCUT2D eigenvalue weighted by Gasteiger charge is 2.07. The summed E-state index contributed by atoms with van der Waals surface area (Å²) in [5.41, 5.74) is 2.04. The number of oxime groups is 1. The average molecular weight is 226 g/mol. The summed E-state index contributed by atoms with van der Waals surface area (Å²) in [6.45, 7) is 4.38. The minimum Gasteiger partial charge on any atom is -0.394 e. The zero-order chi connectivity index (χ0) is 11.1. The number of halogens is 1. The van der Waals surface area contributed by atoms with Crippen molar-refractivity contribution in [3.63, 3.8) is 0 Å². The molecule has 0 heterocycles. The molecule has 15 heavy (non-hydrogen) atoms. The molecule has 0 bridgehead atoms. The van der Waals surface area contributed by atoms with Gasteiger partial charge in [-0.3, -0.25) is 0 Å². The van der Waals surface area contributed by atoms with Crippen molar-refractivity contribution >= 4 is 17.3 Å². The van der Waals surface area contributed by atoms with Crippen LogP contribution in [0.2, 0.25) is 0 Å². The summed E-state index contributed by atoms with van der Waals surface area (Å²) in [5, 5.41) is 3.80. The Morgan fingerprint density at radius 2 is 2.07 bits per heavy atom. The summed E-state index contributed by atoms with van der Waals surface area (Å²) in [6.07, 6.45) is 0.901. The van der Waals surface area contributed by atoms with Crippen molar-refractivity contribution in [1.82, 2.24) is 0 Å². The first-order valence-electron chi connectivity index (χ1n) is 5.08. The fourth-order valence-electron chi connectivity index (χ4n) is 1.04. The molecule has 82 valence electrons. The average Bonchev–Trinajstić information content (AvgIpc) is 2.29. The first kappa shape index (κ1) is 12.1. The molecule has 0 fully saturated rings. The standard InChI is InChI=1S/C12H16ClNO/c1-3-10(2)14-15-9-12(13)11-7-5-4-6-8-11/h4-8,12H,3,9H2,1-2H3/b14-10+. The van der Waals surface area contributed by atoms with Crippen molar-refractivity contribution in [3.8, 4) is 0 Å². The Bertz CT molecular complexity index is 311. The molecule has 3 heteroatoms. The lowest BCUT2D eigenvalue weighted by molar-refractivity contribution is 0.143. The third-order valence-corrected chi connectivity index (χ3v) is 2.49. The number of rotatable bonds is 5. The molecule has 1 rings (SSSR count). The van der Waals surface area contributed by atoms with Gasteiger partial charge in [-0.15, -0.1) is 11.6 Å². The Balaban J connectivity index is 2.40. The van der Waals surface area contributed by atoms with E-state index in [1.54, 1.807) is 0 Å². The number of nitrogens with zero attached hydrogens (tertiary/aromatic N) is 1. The van der Waals surface area contributed by atoms with Gasteiger partial charge in [0.1, 0.15) is 6.61 Å². The minimum absolute atomic E-state index is 0.139. The molecule has 0 N–H and O–H groups in total. The van der Waals surface area contributed by atoms with Gasteiger partial charge in [0.05, 0.1) is 11.1 Å². The molecule has 0 amide bonds. The first-order chi connectivity index (χ1) is 7.24. The molecule has 0 saturated heterocycles. The zero-order valence-corrected chi connectivity index (χ0v) is 9.87. The van der Waals surface area contributed by atoms with Gasteiger partial charge in [-0.25, -0.2) is 0 Å². The molecule has 0 saturated carbocycles. The van der Waals surface area contributed by atoms with E-state index in [0.717, 1.165) is 17.7 Å². The number of hydrogen-bond acceptors (Lipinski definition) is 2. The van der Waals surface area contributed by atoms with Crippen LogP contribution in [0.3, 0.4) is 0 Å². The molecule has 0 aliphatic carbocycles. The Morgan fingerprint density at radius 1 is 1.40 bits per heavy atom. The summed E-state index contributed by atoms with van der Waals surface area (Å²) < 4.78 is 0.